The lowest BCUT2D eigenvalue weighted by Gasteiger charge is -2.21. The summed E-state index contributed by atoms with van der Waals surface area (Å²) < 4.78 is 0. The summed E-state index contributed by atoms with van der Waals surface area (Å²) in [5.74, 6) is -1.57. The van der Waals surface area contributed by atoms with Crippen molar-refractivity contribution in [1.29, 1.82) is 0 Å². The molecule has 1 N–H and O–H groups in total. The molecule has 0 bridgehead atoms. The van der Waals surface area contributed by atoms with Crippen LogP contribution in [0.5, 0.6) is 0 Å². The van der Waals surface area contributed by atoms with Gasteiger partial charge in [-0.25, -0.2) is 4.98 Å². The highest BCUT2D eigenvalue weighted by molar-refractivity contribution is 7.14. The Bertz CT molecular complexity index is 1000. The average Bonchev–Trinajstić information content (AvgIpc) is 3.27. The van der Waals surface area contributed by atoms with Crippen LogP contribution < -0.4 is 5.32 Å². The van der Waals surface area contributed by atoms with Crippen LogP contribution in [-0.4, -0.2) is 33.6 Å². The predicted molar refractivity (Wildman–Crippen MR) is 112 cm³/mol. The van der Waals surface area contributed by atoms with Crippen molar-refractivity contribution in [1.82, 2.24) is 9.88 Å². The van der Waals surface area contributed by atoms with E-state index < -0.39 is 11.9 Å². The van der Waals surface area contributed by atoms with Crippen LogP contribution in [0.2, 0.25) is 0 Å². The van der Waals surface area contributed by atoms with E-state index in [1.807, 2.05) is 36.6 Å². The Labute approximate surface area is 173 Å². The van der Waals surface area contributed by atoms with Gasteiger partial charge in [0.2, 0.25) is 17.7 Å². The number of fused-ring (bicyclic) bond motifs is 1. The van der Waals surface area contributed by atoms with E-state index >= 15 is 0 Å². The molecule has 3 atom stereocenters. The lowest BCUT2D eigenvalue weighted by atomic mass is 9.85. The first-order chi connectivity index (χ1) is 13.9. The first-order valence-electron chi connectivity index (χ1n) is 9.72. The van der Waals surface area contributed by atoms with Crippen molar-refractivity contribution in [2.75, 3.05) is 5.32 Å². The number of imide groups is 1. The van der Waals surface area contributed by atoms with Crippen molar-refractivity contribution in [2.24, 2.45) is 11.8 Å². The largest absolute Gasteiger partial charge is 0.300 e. The van der Waals surface area contributed by atoms with Crippen molar-refractivity contribution in [3.63, 3.8) is 0 Å². The number of hydrogen-bond acceptors (Lipinski definition) is 5. The van der Waals surface area contributed by atoms with Crippen LogP contribution in [0.4, 0.5) is 5.13 Å². The molecule has 29 heavy (non-hydrogen) atoms. The molecule has 1 aliphatic carbocycles. The van der Waals surface area contributed by atoms with Crippen molar-refractivity contribution >= 4 is 34.2 Å². The molecule has 150 valence electrons. The molecule has 0 saturated carbocycles. The number of carbonyl (C=O) groups is 3. The number of aryl methyl sites for hydroxylation is 2. The van der Waals surface area contributed by atoms with Gasteiger partial charge < -0.3 is 5.32 Å². The van der Waals surface area contributed by atoms with Gasteiger partial charge in [0.1, 0.15) is 6.04 Å². The molecule has 1 saturated heterocycles. The first kappa shape index (κ1) is 19.5. The van der Waals surface area contributed by atoms with Gasteiger partial charge in [0.15, 0.2) is 5.13 Å². The van der Waals surface area contributed by atoms with E-state index in [9.17, 15) is 14.4 Å². The summed E-state index contributed by atoms with van der Waals surface area (Å²) in [5, 5.41) is 5.10. The highest BCUT2D eigenvalue weighted by Crippen LogP contribution is 2.36. The van der Waals surface area contributed by atoms with Gasteiger partial charge in [-0.1, -0.05) is 24.3 Å². The topological polar surface area (TPSA) is 79.4 Å². The molecule has 2 heterocycles. The van der Waals surface area contributed by atoms with Crippen LogP contribution in [0, 0.1) is 25.7 Å². The van der Waals surface area contributed by atoms with E-state index in [-0.39, 0.29) is 23.7 Å². The maximum Gasteiger partial charge on any atom is 0.249 e. The zero-order chi connectivity index (χ0) is 20.7. The van der Waals surface area contributed by atoms with Gasteiger partial charge in [0, 0.05) is 10.9 Å². The van der Waals surface area contributed by atoms with Crippen LogP contribution >= 0.6 is 11.3 Å². The third-order valence-corrected chi connectivity index (χ3v) is 6.60. The van der Waals surface area contributed by atoms with E-state index in [0.717, 1.165) is 16.2 Å². The van der Waals surface area contributed by atoms with Gasteiger partial charge in [-0.2, -0.15) is 0 Å². The average molecular weight is 410 g/mol. The summed E-state index contributed by atoms with van der Waals surface area (Å²) >= 11 is 1.32. The van der Waals surface area contributed by atoms with Crippen LogP contribution in [0.3, 0.4) is 0 Å². The first-order valence-corrected chi connectivity index (χ1v) is 10.6. The van der Waals surface area contributed by atoms with E-state index in [2.05, 4.69) is 23.3 Å². The number of aromatic nitrogens is 1. The smallest absolute Gasteiger partial charge is 0.249 e. The fraction of sp³-hybridized carbons (Fsp3) is 0.364. The Morgan fingerprint density at radius 2 is 1.79 bits per heavy atom. The van der Waals surface area contributed by atoms with E-state index in [1.165, 1.54) is 22.5 Å². The summed E-state index contributed by atoms with van der Waals surface area (Å²) in [6.07, 6.45) is 4.99. The number of hydrogen-bond donors (Lipinski definition) is 1. The summed E-state index contributed by atoms with van der Waals surface area (Å²) in [5.41, 5.74) is 4.16. The number of carbonyl (C=O) groups excluding carboxylic acids is 3. The Morgan fingerprint density at radius 3 is 2.41 bits per heavy atom. The second kappa shape index (κ2) is 7.55. The van der Waals surface area contributed by atoms with Crippen molar-refractivity contribution < 1.29 is 14.4 Å². The number of nitrogens with zero attached hydrogens (tertiary/aromatic N) is 2. The molecule has 1 fully saturated rings. The van der Waals surface area contributed by atoms with Gasteiger partial charge in [-0.3, -0.25) is 19.3 Å². The molecule has 3 amide bonds. The summed E-state index contributed by atoms with van der Waals surface area (Å²) in [6.45, 7) is 5.70. The number of allylic oxidation sites excluding steroid dienone is 2. The molecule has 6 nitrogen and oxygen atoms in total. The van der Waals surface area contributed by atoms with Gasteiger partial charge in [-0.15, -0.1) is 11.3 Å². The number of rotatable bonds is 4. The molecule has 0 spiro atoms. The Morgan fingerprint density at radius 1 is 1.14 bits per heavy atom. The Hall–Kier alpha value is -2.80. The van der Waals surface area contributed by atoms with Crippen molar-refractivity contribution in [3.05, 3.63) is 46.9 Å². The number of amides is 3. The minimum atomic E-state index is -0.866. The number of likely N-dealkylation sites (tertiary alicyclic amines) is 1. The highest BCUT2D eigenvalue weighted by atomic mass is 32.1. The Balaban J connectivity index is 1.47. The molecule has 2 aromatic rings. The summed E-state index contributed by atoms with van der Waals surface area (Å²) in [4.78, 5) is 43.7. The SMILES string of the molecule is Cc1ccc(-c2csc(NC(=O)[C@@H](C)N3C(=O)[C@H]4CC=CC[C@@H]4C3=O)n2)cc1C. The van der Waals surface area contributed by atoms with Crippen LogP contribution in [0.1, 0.15) is 30.9 Å². The summed E-state index contributed by atoms with van der Waals surface area (Å²) in [7, 11) is 0. The number of anilines is 1. The lowest BCUT2D eigenvalue weighted by molar-refractivity contribution is -0.146. The fourth-order valence-corrected chi connectivity index (χ4v) is 4.62. The van der Waals surface area contributed by atoms with Crippen LogP contribution in [0.15, 0.2) is 35.7 Å². The van der Waals surface area contributed by atoms with E-state index in [4.69, 9.17) is 0 Å². The fourth-order valence-electron chi connectivity index (χ4n) is 3.90. The van der Waals surface area contributed by atoms with Gasteiger partial charge in [-0.05, 0) is 50.8 Å². The molecule has 7 heteroatoms. The third-order valence-electron chi connectivity index (χ3n) is 5.85. The monoisotopic (exact) mass is 409 g/mol. The lowest BCUT2D eigenvalue weighted by Crippen LogP contribution is -2.46. The van der Waals surface area contributed by atoms with Gasteiger partial charge >= 0.3 is 0 Å². The Kier molecular flexibility index (Phi) is 5.08. The van der Waals surface area contributed by atoms with E-state index in [0.29, 0.717) is 18.0 Å². The summed E-state index contributed by atoms with van der Waals surface area (Å²) in [6, 6.07) is 5.25. The van der Waals surface area contributed by atoms with Crippen LogP contribution in [0.25, 0.3) is 11.3 Å². The zero-order valence-electron chi connectivity index (χ0n) is 16.6. The minimum absolute atomic E-state index is 0.248. The number of benzene rings is 1. The molecular weight excluding hydrogens is 386 g/mol. The quantitative estimate of drug-likeness (QED) is 0.617. The third kappa shape index (κ3) is 3.51. The molecule has 4 rings (SSSR count). The molecule has 1 aliphatic heterocycles. The predicted octanol–water partition coefficient (Wildman–Crippen LogP) is 3.71. The van der Waals surface area contributed by atoms with Crippen molar-refractivity contribution in [2.45, 2.75) is 39.7 Å². The molecule has 1 aromatic heterocycles. The maximum atomic E-state index is 12.7. The van der Waals surface area contributed by atoms with E-state index in [1.54, 1.807) is 6.92 Å². The molecular formula is C22H23N3O3S. The molecule has 2 aliphatic rings. The zero-order valence-corrected chi connectivity index (χ0v) is 17.5. The molecule has 0 radical (unpaired) electrons. The second-order valence-electron chi connectivity index (χ2n) is 7.70. The van der Waals surface area contributed by atoms with Crippen LogP contribution in [-0.2, 0) is 14.4 Å². The number of thiazole rings is 1. The van der Waals surface area contributed by atoms with Gasteiger partial charge in [0.25, 0.3) is 0 Å². The standard InChI is InChI=1S/C22H23N3O3S/c1-12-8-9-15(10-13(12)2)18-11-29-22(23-18)24-19(26)14(3)25-20(27)16-6-4-5-7-17(16)21(25)28/h4-5,8-11,14,16-17H,6-7H2,1-3H3,(H,23,24,26)/t14-,16+,17+/m1/s1. The van der Waals surface area contributed by atoms with Crippen molar-refractivity contribution in [3.8, 4) is 11.3 Å². The maximum absolute atomic E-state index is 12.7. The second-order valence-corrected chi connectivity index (χ2v) is 8.56. The minimum Gasteiger partial charge on any atom is -0.300 e. The normalized spacial score (nSPS) is 22.0. The highest BCUT2D eigenvalue weighted by Gasteiger charge is 2.50. The molecule has 0 unspecified atom stereocenters. The number of nitrogens with one attached hydrogen (secondary N) is 1. The van der Waals surface area contributed by atoms with Gasteiger partial charge in [0.05, 0.1) is 17.5 Å². The molecule has 1 aromatic carbocycles.